The molecule has 0 spiro atoms. The number of rotatable bonds is 10. The molecular weight excluding hydrogens is 480 g/mol. The minimum Gasteiger partial charge on any atom is -0.464 e. The smallest absolute Gasteiger partial charge is 0.340 e. The quantitative estimate of drug-likeness (QED) is 0.330. The second-order valence-electron chi connectivity index (χ2n) is 7.75. The van der Waals surface area contributed by atoms with Crippen LogP contribution in [-0.2, 0) is 57.1 Å². The van der Waals surface area contributed by atoms with Gasteiger partial charge in [0.05, 0.1) is 6.61 Å². The Bertz CT molecular complexity index is 930. The van der Waals surface area contributed by atoms with Crippen LogP contribution in [-0.4, -0.2) is 73.8 Å². The number of esters is 5. The zero-order valence-corrected chi connectivity index (χ0v) is 20.7. The fraction of sp³-hybridized carbons (Fsp3) is 0.542. The lowest BCUT2D eigenvalue weighted by atomic mass is 9.97. The first kappa shape index (κ1) is 28.7. The van der Waals surface area contributed by atoms with Crippen LogP contribution in [0.25, 0.3) is 0 Å². The Morgan fingerprint density at radius 3 is 1.86 bits per heavy atom. The van der Waals surface area contributed by atoms with Crippen molar-refractivity contribution in [2.45, 2.75) is 71.4 Å². The molecule has 1 heterocycles. The molecule has 36 heavy (non-hydrogen) atoms. The molecule has 0 saturated carbocycles. The molecule has 0 unspecified atom stereocenters. The van der Waals surface area contributed by atoms with Gasteiger partial charge in [-0.2, -0.15) is 0 Å². The highest BCUT2D eigenvalue weighted by molar-refractivity contribution is 5.76. The fourth-order valence-corrected chi connectivity index (χ4v) is 3.55. The monoisotopic (exact) mass is 510 g/mol. The second-order valence-corrected chi connectivity index (χ2v) is 7.75. The van der Waals surface area contributed by atoms with E-state index in [4.69, 9.17) is 33.2 Å². The van der Waals surface area contributed by atoms with E-state index in [1.165, 1.54) is 0 Å². The van der Waals surface area contributed by atoms with Crippen LogP contribution >= 0.6 is 0 Å². The third-order valence-electron chi connectivity index (χ3n) is 4.82. The van der Waals surface area contributed by atoms with Crippen molar-refractivity contribution in [1.82, 2.24) is 0 Å². The lowest BCUT2D eigenvalue weighted by Crippen LogP contribution is -2.63. The molecule has 12 heteroatoms. The molecule has 0 aliphatic carbocycles. The topological polar surface area (TPSA) is 150 Å². The van der Waals surface area contributed by atoms with E-state index < -0.39 is 73.3 Å². The predicted molar refractivity (Wildman–Crippen MR) is 119 cm³/mol. The standard InChI is InChI=1S/C24H30O12/c1-6-30-23(29)19(17-10-8-7-9-11-17)36-24-22(34-16(5)28)21(33-15(4)27)20(32-14(3)26)18(35-24)12-31-13(2)25/h7-11,18-22,24H,6,12H2,1-5H3/t18-,19-,20+,21+,22+,24-/m0/s1. The van der Waals surface area contributed by atoms with Crippen molar-refractivity contribution in [3.63, 3.8) is 0 Å². The molecule has 0 radical (unpaired) electrons. The summed E-state index contributed by atoms with van der Waals surface area (Å²) in [5.74, 6) is -3.75. The maximum absolute atomic E-state index is 12.8. The van der Waals surface area contributed by atoms with Gasteiger partial charge in [-0.3, -0.25) is 19.2 Å². The summed E-state index contributed by atoms with van der Waals surface area (Å²) in [5.41, 5.74) is 0.406. The highest BCUT2D eigenvalue weighted by Crippen LogP contribution is 2.33. The molecule has 1 aromatic carbocycles. The summed E-state index contributed by atoms with van der Waals surface area (Å²) in [4.78, 5) is 60.0. The summed E-state index contributed by atoms with van der Waals surface area (Å²) in [6.45, 7) is 5.74. The average molecular weight is 510 g/mol. The van der Waals surface area contributed by atoms with E-state index in [1.54, 1.807) is 37.3 Å². The van der Waals surface area contributed by atoms with E-state index in [-0.39, 0.29) is 6.61 Å². The molecule has 0 bridgehead atoms. The number of benzene rings is 1. The van der Waals surface area contributed by atoms with Crippen molar-refractivity contribution in [2.24, 2.45) is 0 Å². The van der Waals surface area contributed by atoms with Crippen molar-refractivity contribution in [3.05, 3.63) is 35.9 Å². The van der Waals surface area contributed by atoms with Crippen LogP contribution < -0.4 is 0 Å². The van der Waals surface area contributed by atoms with E-state index in [9.17, 15) is 24.0 Å². The van der Waals surface area contributed by atoms with Crippen molar-refractivity contribution in [1.29, 1.82) is 0 Å². The van der Waals surface area contributed by atoms with Crippen molar-refractivity contribution >= 4 is 29.8 Å². The van der Waals surface area contributed by atoms with Gasteiger partial charge in [0.15, 0.2) is 24.4 Å². The average Bonchev–Trinajstić information content (AvgIpc) is 2.79. The summed E-state index contributed by atoms with van der Waals surface area (Å²) in [6.07, 6.45) is -8.30. The van der Waals surface area contributed by atoms with Gasteiger partial charge in [-0.05, 0) is 12.5 Å². The molecular formula is C24H30O12. The summed E-state index contributed by atoms with van der Waals surface area (Å²) in [7, 11) is 0. The van der Waals surface area contributed by atoms with Crippen molar-refractivity contribution in [2.75, 3.05) is 13.2 Å². The van der Waals surface area contributed by atoms with Gasteiger partial charge < -0.3 is 33.2 Å². The first-order chi connectivity index (χ1) is 17.0. The normalized spacial score (nSPS) is 24.1. The molecule has 0 amide bonds. The Kier molecular flexibility index (Phi) is 10.8. The first-order valence-electron chi connectivity index (χ1n) is 11.2. The van der Waals surface area contributed by atoms with Crippen LogP contribution in [0.3, 0.4) is 0 Å². The Morgan fingerprint density at radius 2 is 1.33 bits per heavy atom. The third-order valence-corrected chi connectivity index (χ3v) is 4.82. The molecule has 1 aliphatic heterocycles. The molecule has 1 fully saturated rings. The van der Waals surface area contributed by atoms with Gasteiger partial charge in [0.2, 0.25) is 6.29 Å². The lowest BCUT2D eigenvalue weighted by molar-refractivity contribution is -0.316. The minimum atomic E-state index is -1.53. The van der Waals surface area contributed by atoms with Gasteiger partial charge in [-0.15, -0.1) is 0 Å². The highest BCUT2D eigenvalue weighted by Gasteiger charge is 2.53. The molecule has 198 valence electrons. The predicted octanol–water partition coefficient (Wildman–Crippen LogP) is 1.39. The number of hydrogen-bond acceptors (Lipinski definition) is 12. The maximum atomic E-state index is 12.8. The Balaban J connectivity index is 2.53. The molecule has 0 N–H and O–H groups in total. The number of carbonyl (C=O) groups is 5. The van der Waals surface area contributed by atoms with Gasteiger partial charge in [-0.1, -0.05) is 30.3 Å². The summed E-state index contributed by atoms with van der Waals surface area (Å²) >= 11 is 0. The van der Waals surface area contributed by atoms with Crippen molar-refractivity contribution in [3.8, 4) is 0 Å². The molecule has 0 aromatic heterocycles. The SMILES string of the molecule is CCOC(=O)[C@@H](O[C@@H]1O[C@@H](COC(C)=O)[C@@H](OC(C)=O)[C@@H](OC(C)=O)[C@H]1OC(C)=O)c1ccccc1. The molecule has 6 atom stereocenters. The van der Waals surface area contributed by atoms with Gasteiger partial charge >= 0.3 is 29.8 Å². The third kappa shape index (κ3) is 8.31. The van der Waals surface area contributed by atoms with E-state index in [1.807, 2.05) is 0 Å². The molecule has 1 aromatic rings. The zero-order chi connectivity index (χ0) is 26.8. The van der Waals surface area contributed by atoms with Crippen LogP contribution in [0.4, 0.5) is 0 Å². The van der Waals surface area contributed by atoms with E-state index in [0.29, 0.717) is 5.56 Å². The van der Waals surface area contributed by atoms with Gasteiger partial charge in [0, 0.05) is 27.7 Å². The summed E-state index contributed by atoms with van der Waals surface area (Å²) in [5, 5.41) is 0. The van der Waals surface area contributed by atoms with Gasteiger partial charge in [0.1, 0.15) is 12.7 Å². The lowest BCUT2D eigenvalue weighted by Gasteiger charge is -2.44. The largest absolute Gasteiger partial charge is 0.464 e. The van der Waals surface area contributed by atoms with Gasteiger partial charge in [-0.25, -0.2) is 4.79 Å². The van der Waals surface area contributed by atoms with E-state index >= 15 is 0 Å². The van der Waals surface area contributed by atoms with E-state index in [0.717, 1.165) is 27.7 Å². The zero-order valence-electron chi connectivity index (χ0n) is 20.7. The Labute approximate surface area is 208 Å². The van der Waals surface area contributed by atoms with Crippen molar-refractivity contribution < 1.29 is 57.1 Å². The maximum Gasteiger partial charge on any atom is 0.340 e. The summed E-state index contributed by atoms with van der Waals surface area (Å²) < 4.78 is 38.1. The molecule has 2 rings (SSSR count). The van der Waals surface area contributed by atoms with E-state index in [2.05, 4.69) is 0 Å². The second kappa shape index (κ2) is 13.5. The van der Waals surface area contributed by atoms with Crippen LogP contribution in [0.1, 0.15) is 46.3 Å². The Morgan fingerprint density at radius 1 is 0.778 bits per heavy atom. The van der Waals surface area contributed by atoms with Crippen LogP contribution in [0.5, 0.6) is 0 Å². The number of hydrogen-bond donors (Lipinski definition) is 0. The minimum absolute atomic E-state index is 0.0596. The molecule has 1 saturated heterocycles. The van der Waals surface area contributed by atoms with Crippen LogP contribution in [0, 0.1) is 0 Å². The summed E-state index contributed by atoms with van der Waals surface area (Å²) in [6, 6.07) is 8.33. The molecule has 12 nitrogen and oxygen atoms in total. The highest BCUT2D eigenvalue weighted by atomic mass is 16.7. The van der Waals surface area contributed by atoms with Gasteiger partial charge in [0.25, 0.3) is 0 Å². The number of ether oxygens (including phenoxy) is 7. The Hall–Kier alpha value is -3.51. The molecule has 1 aliphatic rings. The first-order valence-corrected chi connectivity index (χ1v) is 11.2. The fourth-order valence-electron chi connectivity index (χ4n) is 3.55. The van der Waals surface area contributed by atoms with Crippen LogP contribution in [0.15, 0.2) is 30.3 Å². The number of carbonyl (C=O) groups excluding carboxylic acids is 5. The van der Waals surface area contributed by atoms with Crippen LogP contribution in [0.2, 0.25) is 0 Å².